The summed E-state index contributed by atoms with van der Waals surface area (Å²) < 4.78 is 1.87. The number of pyridine rings is 1. The minimum atomic E-state index is -0.657. The van der Waals surface area contributed by atoms with E-state index in [2.05, 4.69) is 10.3 Å². The molecule has 2 rings (SSSR count). The highest BCUT2D eigenvalue weighted by atomic mass is 16.5. The quantitative estimate of drug-likeness (QED) is 0.476. The van der Waals surface area contributed by atoms with Gasteiger partial charge in [0.05, 0.1) is 6.61 Å². The smallest absolute Gasteiger partial charge is 0.265 e. The van der Waals surface area contributed by atoms with E-state index in [0.717, 1.165) is 12.1 Å². The predicted octanol–water partition coefficient (Wildman–Crippen LogP) is 0.695. The van der Waals surface area contributed by atoms with Crippen molar-refractivity contribution in [2.24, 2.45) is 0 Å². The molecule has 0 aromatic carbocycles. The van der Waals surface area contributed by atoms with Gasteiger partial charge in [-0.15, -0.1) is 0 Å². The molecule has 20 heavy (non-hydrogen) atoms. The van der Waals surface area contributed by atoms with Crippen LogP contribution in [0.1, 0.15) is 25.2 Å². The van der Waals surface area contributed by atoms with E-state index < -0.39 is 11.9 Å². The molecule has 0 fully saturated rings. The third-order valence-electron chi connectivity index (χ3n) is 3.17. The lowest BCUT2D eigenvalue weighted by atomic mass is 10.2. The largest absolute Gasteiger partial charge is 0.390 e. The third kappa shape index (κ3) is 2.45. The van der Waals surface area contributed by atoms with Crippen molar-refractivity contribution in [3.05, 3.63) is 29.6 Å². The highest BCUT2D eigenvalue weighted by molar-refractivity contribution is 5.83. The number of imidazole rings is 1. The van der Waals surface area contributed by atoms with Crippen LogP contribution in [0.25, 0.3) is 5.65 Å². The molecule has 108 valence electrons. The van der Waals surface area contributed by atoms with Crippen molar-refractivity contribution in [2.75, 3.05) is 5.32 Å². The van der Waals surface area contributed by atoms with Crippen LogP contribution in [0.3, 0.4) is 0 Å². The van der Waals surface area contributed by atoms with Gasteiger partial charge in [0.2, 0.25) is 0 Å². The number of anilines is 1. The fraction of sp³-hybridized carbons (Fsp3) is 0.385. The van der Waals surface area contributed by atoms with Crippen LogP contribution in [0.4, 0.5) is 5.82 Å². The molecule has 2 aromatic rings. The van der Waals surface area contributed by atoms with E-state index in [9.17, 15) is 9.90 Å². The second-order valence-electron chi connectivity index (χ2n) is 4.47. The molecule has 0 bridgehead atoms. The predicted molar refractivity (Wildman–Crippen MR) is 73.5 cm³/mol. The summed E-state index contributed by atoms with van der Waals surface area (Å²) in [6.07, 6.45) is 0.786. The van der Waals surface area contributed by atoms with E-state index in [-0.39, 0.29) is 6.61 Å². The van der Waals surface area contributed by atoms with Crippen LogP contribution in [-0.4, -0.2) is 31.6 Å². The lowest BCUT2D eigenvalue weighted by Gasteiger charge is -2.15. The number of hydrogen-bond donors (Lipinski definition) is 4. The molecule has 2 heterocycles. The van der Waals surface area contributed by atoms with Crippen LogP contribution in [0.15, 0.2) is 18.2 Å². The third-order valence-corrected chi connectivity index (χ3v) is 3.17. The highest BCUT2D eigenvalue weighted by Gasteiger charge is 2.18. The van der Waals surface area contributed by atoms with Crippen LogP contribution < -0.4 is 10.8 Å². The normalized spacial score (nSPS) is 12.4. The molecule has 7 nitrogen and oxygen atoms in total. The summed E-state index contributed by atoms with van der Waals surface area (Å²) in [4.78, 5) is 15.7. The maximum absolute atomic E-state index is 11.4. The molecule has 1 amide bonds. The van der Waals surface area contributed by atoms with Crippen LogP contribution in [0.2, 0.25) is 0 Å². The van der Waals surface area contributed by atoms with Crippen molar-refractivity contribution in [1.29, 1.82) is 0 Å². The molecule has 0 saturated heterocycles. The van der Waals surface area contributed by atoms with Gasteiger partial charge >= 0.3 is 0 Å². The number of aliphatic hydroxyl groups excluding tert-OH is 1. The number of rotatable bonds is 5. The lowest BCUT2D eigenvalue weighted by molar-refractivity contribution is -0.129. The number of amides is 1. The number of nitrogens with zero attached hydrogens (tertiary/aromatic N) is 2. The number of carbonyl (C=O) groups is 1. The van der Waals surface area contributed by atoms with Gasteiger partial charge < -0.3 is 10.4 Å². The van der Waals surface area contributed by atoms with Crippen molar-refractivity contribution in [3.8, 4) is 0 Å². The topological polar surface area (TPSA) is 98.9 Å². The molecular formula is C13H18N4O3. The van der Waals surface area contributed by atoms with Gasteiger partial charge in [-0.05, 0) is 25.5 Å². The summed E-state index contributed by atoms with van der Waals surface area (Å²) >= 11 is 0. The van der Waals surface area contributed by atoms with Gasteiger partial charge in [0.25, 0.3) is 5.91 Å². The molecule has 2 aromatic heterocycles. The first kappa shape index (κ1) is 14.3. The molecule has 4 N–H and O–H groups in total. The summed E-state index contributed by atoms with van der Waals surface area (Å²) in [5.74, 6) is 0.00821. The first-order valence-corrected chi connectivity index (χ1v) is 6.42. The first-order valence-electron chi connectivity index (χ1n) is 6.42. The summed E-state index contributed by atoms with van der Waals surface area (Å²) in [5.41, 5.74) is 3.77. The van der Waals surface area contributed by atoms with Gasteiger partial charge in [-0.2, -0.15) is 0 Å². The first-order chi connectivity index (χ1) is 9.62. The molecule has 0 aliphatic carbocycles. The van der Waals surface area contributed by atoms with Gasteiger partial charge in [-0.1, -0.05) is 13.0 Å². The van der Waals surface area contributed by atoms with Crippen molar-refractivity contribution in [1.82, 2.24) is 14.9 Å². The van der Waals surface area contributed by atoms with E-state index in [0.29, 0.717) is 17.2 Å². The number of aliphatic hydroxyl groups is 1. The van der Waals surface area contributed by atoms with Gasteiger partial charge in [0.15, 0.2) is 0 Å². The zero-order valence-electron chi connectivity index (χ0n) is 11.4. The van der Waals surface area contributed by atoms with Crippen molar-refractivity contribution in [2.45, 2.75) is 32.9 Å². The summed E-state index contributed by atoms with van der Waals surface area (Å²) in [6.45, 7) is 3.39. The van der Waals surface area contributed by atoms with Crippen LogP contribution in [0.5, 0.6) is 0 Å². The van der Waals surface area contributed by atoms with Gasteiger partial charge in [0, 0.05) is 5.69 Å². The Morgan fingerprint density at radius 1 is 1.50 bits per heavy atom. The van der Waals surface area contributed by atoms with Crippen molar-refractivity contribution >= 4 is 17.4 Å². The maximum Gasteiger partial charge on any atom is 0.265 e. The van der Waals surface area contributed by atoms with Crippen LogP contribution >= 0.6 is 0 Å². The molecule has 0 aliphatic heterocycles. The van der Waals surface area contributed by atoms with E-state index in [1.807, 2.05) is 29.5 Å². The van der Waals surface area contributed by atoms with Crippen LogP contribution in [-0.2, 0) is 17.8 Å². The minimum Gasteiger partial charge on any atom is -0.390 e. The van der Waals surface area contributed by atoms with E-state index in [1.165, 1.54) is 0 Å². The summed E-state index contributed by atoms with van der Waals surface area (Å²) in [6, 6.07) is 5.03. The maximum atomic E-state index is 11.4. The molecule has 7 heteroatoms. The fourth-order valence-electron chi connectivity index (χ4n) is 2.11. The molecular weight excluding hydrogens is 260 g/mol. The Morgan fingerprint density at radius 3 is 2.85 bits per heavy atom. The standard InChI is InChI=1S/C13H18N4O3/c1-3-9-5-4-6-11-15-10(7-18)12(17(9)11)14-8(2)13(19)16-20/h4-6,8,14,18,20H,3,7H2,1-2H3,(H,16,19). The molecule has 0 radical (unpaired) electrons. The average molecular weight is 278 g/mol. The van der Waals surface area contributed by atoms with Crippen molar-refractivity contribution < 1.29 is 15.1 Å². The second kappa shape index (κ2) is 5.89. The van der Waals surface area contributed by atoms with E-state index in [4.69, 9.17) is 5.21 Å². The number of fused-ring (bicyclic) bond motifs is 1. The Labute approximate surface area is 116 Å². The molecule has 0 aliphatic rings. The van der Waals surface area contributed by atoms with Gasteiger partial charge in [-0.3, -0.25) is 14.4 Å². The van der Waals surface area contributed by atoms with E-state index in [1.54, 1.807) is 12.4 Å². The molecule has 0 spiro atoms. The Balaban J connectivity index is 2.52. The fourth-order valence-corrected chi connectivity index (χ4v) is 2.11. The molecule has 1 unspecified atom stereocenters. The number of carbonyl (C=O) groups excluding carboxylic acids is 1. The Bertz CT molecular complexity index is 623. The summed E-state index contributed by atoms with van der Waals surface area (Å²) in [7, 11) is 0. The molecule has 1 atom stereocenters. The zero-order chi connectivity index (χ0) is 14.7. The van der Waals surface area contributed by atoms with Crippen LogP contribution in [0, 0.1) is 0 Å². The number of aryl methyl sites for hydroxylation is 1. The number of hydrogen-bond acceptors (Lipinski definition) is 5. The number of nitrogens with one attached hydrogen (secondary N) is 2. The second-order valence-corrected chi connectivity index (χ2v) is 4.47. The minimum absolute atomic E-state index is 0.235. The SMILES string of the molecule is CCc1cccc2nc(CO)c(NC(C)C(=O)NO)n12. The number of aromatic nitrogens is 2. The Kier molecular flexibility index (Phi) is 4.21. The van der Waals surface area contributed by atoms with Gasteiger partial charge in [0.1, 0.15) is 23.2 Å². The number of hydroxylamine groups is 1. The van der Waals surface area contributed by atoms with E-state index >= 15 is 0 Å². The van der Waals surface area contributed by atoms with Crippen molar-refractivity contribution in [3.63, 3.8) is 0 Å². The monoisotopic (exact) mass is 278 g/mol. The average Bonchev–Trinajstić information content (AvgIpc) is 2.84. The van der Waals surface area contributed by atoms with Gasteiger partial charge in [-0.25, -0.2) is 10.5 Å². The lowest BCUT2D eigenvalue weighted by Crippen LogP contribution is -2.36. The Morgan fingerprint density at radius 2 is 2.25 bits per heavy atom. The summed E-state index contributed by atoms with van der Waals surface area (Å²) in [5, 5.41) is 21.1. The highest BCUT2D eigenvalue weighted by Crippen LogP contribution is 2.22. The molecule has 0 saturated carbocycles. The Hall–Kier alpha value is -2.12. The zero-order valence-corrected chi connectivity index (χ0v) is 11.4.